The average Bonchev–Trinajstić information content (AvgIpc) is 2.02. The van der Waals surface area contributed by atoms with Crippen molar-refractivity contribution < 1.29 is 5.11 Å². The van der Waals surface area contributed by atoms with Crippen molar-refractivity contribution in [3.63, 3.8) is 0 Å². The van der Waals surface area contributed by atoms with Crippen LogP contribution in [0.2, 0.25) is 0 Å². The summed E-state index contributed by atoms with van der Waals surface area (Å²) in [6.45, 7) is 3.50. The smallest absolute Gasteiger partial charge is 0.0584 e. The van der Waals surface area contributed by atoms with Crippen LogP contribution in [0.4, 0.5) is 0 Å². The quantitative estimate of drug-likeness (QED) is 0.635. The van der Waals surface area contributed by atoms with Gasteiger partial charge in [0, 0.05) is 6.04 Å². The van der Waals surface area contributed by atoms with Crippen molar-refractivity contribution in [1.29, 1.82) is 0 Å². The van der Waals surface area contributed by atoms with Crippen molar-refractivity contribution in [2.75, 3.05) is 13.2 Å². The minimum atomic E-state index is 0.302. The van der Waals surface area contributed by atoms with E-state index in [1.54, 1.807) is 0 Å². The van der Waals surface area contributed by atoms with Crippen LogP contribution < -0.4 is 5.32 Å². The van der Waals surface area contributed by atoms with E-state index in [4.69, 9.17) is 5.11 Å². The van der Waals surface area contributed by atoms with Crippen molar-refractivity contribution in [1.82, 2.24) is 5.32 Å². The third kappa shape index (κ3) is 3.11. The first-order valence-corrected chi connectivity index (χ1v) is 5.21. The van der Waals surface area contributed by atoms with E-state index < -0.39 is 0 Å². The van der Waals surface area contributed by atoms with Gasteiger partial charge in [-0.1, -0.05) is 26.2 Å². The normalized spacial score (nSPS) is 20.5. The maximum Gasteiger partial charge on any atom is 0.0584 e. The molecule has 0 radical (unpaired) electrons. The Balaban J connectivity index is 2.06. The highest BCUT2D eigenvalue weighted by Crippen LogP contribution is 2.30. The zero-order valence-electron chi connectivity index (χ0n) is 8.05. The van der Waals surface area contributed by atoms with Crippen molar-refractivity contribution in [2.24, 2.45) is 5.92 Å². The summed E-state index contributed by atoms with van der Waals surface area (Å²) < 4.78 is 0. The second kappa shape index (κ2) is 5.55. The average molecular weight is 171 g/mol. The first-order valence-electron chi connectivity index (χ1n) is 5.21. The van der Waals surface area contributed by atoms with E-state index in [1.165, 1.54) is 25.7 Å². The second-order valence-electron chi connectivity index (χ2n) is 3.87. The lowest BCUT2D eigenvalue weighted by Gasteiger charge is -2.29. The molecular weight excluding hydrogens is 150 g/mol. The van der Waals surface area contributed by atoms with Gasteiger partial charge in [-0.2, -0.15) is 0 Å². The summed E-state index contributed by atoms with van der Waals surface area (Å²) in [5.41, 5.74) is 0. The van der Waals surface area contributed by atoms with E-state index in [1.807, 2.05) is 0 Å². The predicted octanol–water partition coefficient (Wildman–Crippen LogP) is 1.54. The van der Waals surface area contributed by atoms with Gasteiger partial charge in [-0.15, -0.1) is 0 Å². The Hall–Kier alpha value is -0.0800. The standard InChI is InChI=1S/C10H21NO/c1-2-6-11-10(8-12)7-9-4-3-5-9/h9-12H,2-8H2,1H3/t10-/m1/s1. The molecule has 0 heterocycles. The molecule has 1 atom stereocenters. The van der Waals surface area contributed by atoms with E-state index in [2.05, 4.69) is 12.2 Å². The highest BCUT2D eigenvalue weighted by atomic mass is 16.3. The summed E-state index contributed by atoms with van der Waals surface area (Å²) in [7, 11) is 0. The van der Waals surface area contributed by atoms with E-state index >= 15 is 0 Å². The SMILES string of the molecule is CCCN[C@@H](CO)CC1CCC1. The molecule has 0 aromatic carbocycles. The second-order valence-corrected chi connectivity index (χ2v) is 3.87. The molecule has 0 spiro atoms. The fraction of sp³-hybridized carbons (Fsp3) is 1.00. The van der Waals surface area contributed by atoms with Crippen LogP contribution in [0.15, 0.2) is 0 Å². The van der Waals surface area contributed by atoms with Crippen molar-refractivity contribution in [2.45, 2.75) is 45.1 Å². The van der Waals surface area contributed by atoms with Crippen LogP contribution >= 0.6 is 0 Å². The van der Waals surface area contributed by atoms with Gasteiger partial charge in [-0.3, -0.25) is 0 Å². The van der Waals surface area contributed by atoms with Gasteiger partial charge in [0.1, 0.15) is 0 Å². The van der Waals surface area contributed by atoms with Crippen LogP contribution in [0, 0.1) is 5.92 Å². The molecular formula is C10H21NO. The Morgan fingerprint density at radius 1 is 1.50 bits per heavy atom. The Morgan fingerprint density at radius 3 is 2.67 bits per heavy atom. The maximum atomic E-state index is 9.06. The van der Waals surface area contributed by atoms with Crippen LogP contribution in [0.3, 0.4) is 0 Å². The van der Waals surface area contributed by atoms with Crippen molar-refractivity contribution >= 4 is 0 Å². The van der Waals surface area contributed by atoms with Gasteiger partial charge in [0.05, 0.1) is 6.61 Å². The van der Waals surface area contributed by atoms with Crippen LogP contribution in [-0.4, -0.2) is 24.3 Å². The molecule has 0 bridgehead atoms. The highest BCUT2D eigenvalue weighted by Gasteiger charge is 2.20. The fourth-order valence-corrected chi connectivity index (χ4v) is 1.70. The van der Waals surface area contributed by atoms with Crippen LogP contribution in [0.5, 0.6) is 0 Å². The minimum absolute atomic E-state index is 0.302. The van der Waals surface area contributed by atoms with Crippen molar-refractivity contribution in [3.05, 3.63) is 0 Å². The molecule has 0 aromatic rings. The largest absolute Gasteiger partial charge is 0.395 e. The molecule has 2 N–H and O–H groups in total. The number of rotatable bonds is 6. The molecule has 0 amide bonds. The lowest BCUT2D eigenvalue weighted by Crippen LogP contribution is -2.36. The predicted molar refractivity (Wildman–Crippen MR) is 51.1 cm³/mol. The Bertz CT molecular complexity index is 112. The third-order valence-electron chi connectivity index (χ3n) is 2.75. The van der Waals surface area contributed by atoms with E-state index in [-0.39, 0.29) is 0 Å². The Morgan fingerprint density at radius 2 is 2.25 bits per heavy atom. The molecule has 72 valence electrons. The van der Waals surface area contributed by atoms with Gasteiger partial charge >= 0.3 is 0 Å². The number of hydrogen-bond acceptors (Lipinski definition) is 2. The first-order chi connectivity index (χ1) is 5.86. The van der Waals surface area contributed by atoms with Gasteiger partial charge in [0.15, 0.2) is 0 Å². The summed E-state index contributed by atoms with van der Waals surface area (Å²) >= 11 is 0. The minimum Gasteiger partial charge on any atom is -0.395 e. The van der Waals surface area contributed by atoms with Gasteiger partial charge < -0.3 is 10.4 Å². The highest BCUT2D eigenvalue weighted by molar-refractivity contribution is 4.76. The van der Waals surface area contributed by atoms with E-state index in [9.17, 15) is 0 Å². The summed E-state index contributed by atoms with van der Waals surface area (Å²) in [4.78, 5) is 0. The number of aliphatic hydroxyl groups is 1. The maximum absolute atomic E-state index is 9.06. The van der Waals surface area contributed by atoms with Gasteiger partial charge in [-0.25, -0.2) is 0 Å². The Kier molecular flexibility index (Phi) is 4.62. The molecule has 1 saturated carbocycles. The summed E-state index contributed by atoms with van der Waals surface area (Å²) in [5.74, 6) is 0.895. The fourth-order valence-electron chi connectivity index (χ4n) is 1.70. The molecule has 1 fully saturated rings. The molecule has 0 aliphatic heterocycles. The summed E-state index contributed by atoms with van der Waals surface area (Å²) in [6.07, 6.45) is 6.49. The molecule has 2 nitrogen and oxygen atoms in total. The van der Waals surface area contributed by atoms with E-state index in [0.29, 0.717) is 12.6 Å². The zero-order chi connectivity index (χ0) is 8.81. The monoisotopic (exact) mass is 171 g/mol. The topological polar surface area (TPSA) is 32.3 Å². The van der Waals surface area contributed by atoms with Crippen LogP contribution in [-0.2, 0) is 0 Å². The molecule has 1 aliphatic rings. The molecule has 12 heavy (non-hydrogen) atoms. The van der Waals surface area contributed by atoms with Crippen LogP contribution in [0.25, 0.3) is 0 Å². The lowest BCUT2D eigenvalue weighted by atomic mass is 9.81. The third-order valence-corrected chi connectivity index (χ3v) is 2.75. The molecule has 0 aromatic heterocycles. The Labute approximate surface area is 75.4 Å². The molecule has 0 unspecified atom stereocenters. The first kappa shape index (κ1) is 10.0. The number of aliphatic hydroxyl groups excluding tert-OH is 1. The summed E-state index contributed by atoms with van der Waals surface area (Å²) in [6, 6.07) is 0.357. The van der Waals surface area contributed by atoms with Gasteiger partial charge in [-0.05, 0) is 25.3 Å². The molecule has 2 heteroatoms. The molecule has 1 rings (SSSR count). The zero-order valence-corrected chi connectivity index (χ0v) is 8.05. The van der Waals surface area contributed by atoms with Gasteiger partial charge in [0.2, 0.25) is 0 Å². The van der Waals surface area contributed by atoms with Crippen LogP contribution in [0.1, 0.15) is 39.0 Å². The van der Waals surface area contributed by atoms with Gasteiger partial charge in [0.25, 0.3) is 0 Å². The number of hydrogen-bond donors (Lipinski definition) is 2. The van der Waals surface area contributed by atoms with Crippen molar-refractivity contribution in [3.8, 4) is 0 Å². The summed E-state index contributed by atoms with van der Waals surface area (Å²) in [5, 5.41) is 12.4. The lowest BCUT2D eigenvalue weighted by molar-refractivity contribution is 0.189. The molecule has 1 aliphatic carbocycles. The number of nitrogens with one attached hydrogen (secondary N) is 1. The van der Waals surface area contributed by atoms with E-state index in [0.717, 1.165) is 18.9 Å². The molecule has 0 saturated heterocycles.